The second kappa shape index (κ2) is 11.8. The number of guanidine groups is 1. The monoisotopic (exact) mass is 522 g/mol. The summed E-state index contributed by atoms with van der Waals surface area (Å²) in [6.45, 7) is 5.37. The van der Waals surface area contributed by atoms with E-state index in [4.69, 9.17) is 4.74 Å². The van der Waals surface area contributed by atoms with Gasteiger partial charge in [0.25, 0.3) is 5.91 Å². The van der Waals surface area contributed by atoms with E-state index < -0.39 is 0 Å². The first kappa shape index (κ1) is 24.0. The van der Waals surface area contributed by atoms with Crippen LogP contribution in [0.25, 0.3) is 0 Å². The van der Waals surface area contributed by atoms with Gasteiger partial charge in [-0.1, -0.05) is 37.3 Å². The molecule has 1 amide bonds. The third-order valence-electron chi connectivity index (χ3n) is 5.10. The van der Waals surface area contributed by atoms with Crippen molar-refractivity contribution in [2.75, 3.05) is 13.6 Å². The lowest BCUT2D eigenvalue weighted by molar-refractivity contribution is 0.0939. The molecule has 1 aliphatic heterocycles. The Morgan fingerprint density at radius 3 is 2.57 bits per heavy atom. The van der Waals surface area contributed by atoms with Gasteiger partial charge in [0.15, 0.2) is 5.96 Å². The number of amides is 1. The number of aliphatic imine (C=N–C) groups is 1. The molecule has 0 saturated carbocycles. The van der Waals surface area contributed by atoms with Crippen LogP contribution in [0.5, 0.6) is 5.75 Å². The van der Waals surface area contributed by atoms with Crippen molar-refractivity contribution >= 4 is 35.8 Å². The number of para-hydroxylation sites is 1. The number of nitrogens with zero attached hydrogens (tertiary/aromatic N) is 1. The molecule has 2 atom stereocenters. The van der Waals surface area contributed by atoms with Gasteiger partial charge in [0.1, 0.15) is 11.9 Å². The Labute approximate surface area is 195 Å². The second-order valence-corrected chi connectivity index (χ2v) is 7.34. The van der Waals surface area contributed by atoms with Crippen LogP contribution in [0.15, 0.2) is 53.5 Å². The van der Waals surface area contributed by atoms with E-state index >= 15 is 0 Å². The molecule has 3 N–H and O–H groups in total. The minimum Gasteiger partial charge on any atom is -0.488 e. The number of halogens is 1. The summed E-state index contributed by atoms with van der Waals surface area (Å²) in [5.74, 6) is 1.66. The van der Waals surface area contributed by atoms with Crippen LogP contribution in [0.2, 0.25) is 0 Å². The molecule has 1 aliphatic rings. The summed E-state index contributed by atoms with van der Waals surface area (Å²) in [4.78, 5) is 16.4. The molecule has 0 aromatic heterocycles. The summed E-state index contributed by atoms with van der Waals surface area (Å²) in [6, 6.07) is 16.0. The van der Waals surface area contributed by atoms with E-state index in [9.17, 15) is 4.79 Å². The third-order valence-corrected chi connectivity index (χ3v) is 5.10. The molecule has 0 spiro atoms. The summed E-state index contributed by atoms with van der Waals surface area (Å²) in [6.07, 6.45) is 1.92. The molecular formula is C23H31IN4O2. The van der Waals surface area contributed by atoms with Gasteiger partial charge < -0.3 is 20.7 Å². The second-order valence-electron chi connectivity index (χ2n) is 7.34. The highest BCUT2D eigenvalue weighted by Gasteiger charge is 2.22. The highest BCUT2D eigenvalue weighted by atomic mass is 127. The maximum atomic E-state index is 12.2. The van der Waals surface area contributed by atoms with Crippen LogP contribution >= 0.6 is 24.0 Å². The zero-order chi connectivity index (χ0) is 20.6. The Hall–Kier alpha value is -2.29. The molecule has 0 fully saturated rings. The fraction of sp³-hybridized carbons (Fsp3) is 0.391. The van der Waals surface area contributed by atoms with Gasteiger partial charge in [-0.2, -0.15) is 0 Å². The van der Waals surface area contributed by atoms with Crippen molar-refractivity contribution < 1.29 is 9.53 Å². The number of fused-ring (bicyclic) bond motifs is 1. The SMILES string of the molecule is CCC(C)NC(=O)c1ccc(CNC(=NC)NCC2Cc3ccccc3O2)cc1.I. The molecule has 2 aromatic rings. The molecule has 3 rings (SSSR count). The van der Waals surface area contributed by atoms with Crippen molar-refractivity contribution in [2.24, 2.45) is 4.99 Å². The van der Waals surface area contributed by atoms with Gasteiger partial charge in [-0.3, -0.25) is 9.79 Å². The van der Waals surface area contributed by atoms with Crippen LogP contribution in [-0.2, 0) is 13.0 Å². The maximum Gasteiger partial charge on any atom is 0.251 e. The highest BCUT2D eigenvalue weighted by molar-refractivity contribution is 14.0. The smallest absolute Gasteiger partial charge is 0.251 e. The van der Waals surface area contributed by atoms with Crippen molar-refractivity contribution in [3.63, 3.8) is 0 Å². The Balaban J connectivity index is 0.00000320. The van der Waals surface area contributed by atoms with Crippen LogP contribution in [0.3, 0.4) is 0 Å². The van der Waals surface area contributed by atoms with Gasteiger partial charge in [0.2, 0.25) is 0 Å². The van der Waals surface area contributed by atoms with E-state index in [2.05, 4.69) is 33.9 Å². The summed E-state index contributed by atoms with van der Waals surface area (Å²) in [7, 11) is 1.75. The Morgan fingerprint density at radius 1 is 1.17 bits per heavy atom. The zero-order valence-electron chi connectivity index (χ0n) is 17.8. The lowest BCUT2D eigenvalue weighted by Gasteiger charge is -2.16. The van der Waals surface area contributed by atoms with Crippen molar-refractivity contribution in [1.29, 1.82) is 0 Å². The van der Waals surface area contributed by atoms with Crippen LogP contribution in [0.4, 0.5) is 0 Å². The molecule has 1 heterocycles. The van der Waals surface area contributed by atoms with E-state index in [0.717, 1.165) is 30.1 Å². The fourth-order valence-electron chi connectivity index (χ4n) is 3.17. The van der Waals surface area contributed by atoms with Gasteiger partial charge in [-0.05, 0) is 42.7 Å². The predicted molar refractivity (Wildman–Crippen MR) is 132 cm³/mol. The first-order valence-corrected chi connectivity index (χ1v) is 10.2. The molecule has 7 heteroatoms. The molecular weight excluding hydrogens is 491 g/mol. The molecule has 2 aromatic carbocycles. The topological polar surface area (TPSA) is 74.8 Å². The minimum absolute atomic E-state index is 0. The largest absolute Gasteiger partial charge is 0.488 e. The number of carbonyl (C=O) groups excluding carboxylic acids is 1. The van der Waals surface area contributed by atoms with Crippen molar-refractivity contribution in [3.05, 3.63) is 65.2 Å². The average molecular weight is 522 g/mol. The van der Waals surface area contributed by atoms with Crippen molar-refractivity contribution in [2.45, 2.75) is 45.4 Å². The van der Waals surface area contributed by atoms with Gasteiger partial charge >= 0.3 is 0 Å². The first-order chi connectivity index (χ1) is 14.1. The molecule has 0 saturated heterocycles. The Bertz CT molecular complexity index is 830. The summed E-state index contributed by atoms with van der Waals surface area (Å²) in [5, 5.41) is 9.61. The van der Waals surface area contributed by atoms with Crippen LogP contribution < -0.4 is 20.7 Å². The van der Waals surface area contributed by atoms with E-state index in [1.807, 2.05) is 49.4 Å². The number of rotatable bonds is 7. The van der Waals surface area contributed by atoms with Crippen molar-refractivity contribution in [3.8, 4) is 5.75 Å². The van der Waals surface area contributed by atoms with E-state index in [-0.39, 0.29) is 42.0 Å². The highest BCUT2D eigenvalue weighted by Crippen LogP contribution is 2.27. The summed E-state index contributed by atoms with van der Waals surface area (Å²) < 4.78 is 5.95. The quantitative estimate of drug-likeness (QED) is 0.296. The van der Waals surface area contributed by atoms with Crippen molar-refractivity contribution in [1.82, 2.24) is 16.0 Å². The number of ether oxygens (including phenoxy) is 1. The first-order valence-electron chi connectivity index (χ1n) is 10.2. The fourth-order valence-corrected chi connectivity index (χ4v) is 3.17. The molecule has 162 valence electrons. The third kappa shape index (κ3) is 6.62. The minimum atomic E-state index is -0.0334. The van der Waals surface area contributed by atoms with E-state index in [0.29, 0.717) is 18.7 Å². The Morgan fingerprint density at radius 2 is 1.90 bits per heavy atom. The lowest BCUT2D eigenvalue weighted by atomic mass is 10.1. The summed E-state index contributed by atoms with van der Waals surface area (Å²) in [5.41, 5.74) is 3.01. The summed E-state index contributed by atoms with van der Waals surface area (Å²) >= 11 is 0. The Kier molecular flexibility index (Phi) is 9.42. The number of hydrogen-bond donors (Lipinski definition) is 3. The molecule has 0 aliphatic carbocycles. The molecule has 6 nitrogen and oxygen atoms in total. The van der Waals surface area contributed by atoms with Crippen LogP contribution in [0.1, 0.15) is 41.8 Å². The van der Waals surface area contributed by atoms with Gasteiger partial charge in [0.05, 0.1) is 6.54 Å². The standard InChI is InChI=1S/C23H30N4O2.HI/c1-4-16(2)27-22(28)18-11-9-17(10-12-18)14-25-23(24-3)26-15-20-13-19-7-5-6-8-21(19)29-20;/h5-12,16,20H,4,13-15H2,1-3H3,(H,27,28)(H2,24,25,26);1H. The molecule has 0 bridgehead atoms. The maximum absolute atomic E-state index is 12.2. The number of hydrogen-bond acceptors (Lipinski definition) is 3. The molecule has 2 unspecified atom stereocenters. The van der Waals surface area contributed by atoms with Gasteiger partial charge in [-0.15, -0.1) is 24.0 Å². The predicted octanol–water partition coefficient (Wildman–Crippen LogP) is 3.50. The van der Waals surface area contributed by atoms with E-state index in [1.165, 1.54) is 5.56 Å². The molecule has 30 heavy (non-hydrogen) atoms. The van der Waals surface area contributed by atoms with Crippen LogP contribution in [-0.4, -0.2) is 37.6 Å². The van der Waals surface area contributed by atoms with Gasteiger partial charge in [0, 0.05) is 31.6 Å². The van der Waals surface area contributed by atoms with E-state index in [1.54, 1.807) is 7.05 Å². The average Bonchev–Trinajstić information content (AvgIpc) is 3.17. The number of nitrogens with one attached hydrogen (secondary N) is 3. The molecule has 0 radical (unpaired) electrons. The normalized spacial score (nSPS) is 16.0. The zero-order valence-corrected chi connectivity index (χ0v) is 20.1. The lowest BCUT2D eigenvalue weighted by Crippen LogP contribution is -2.41. The number of benzene rings is 2. The number of carbonyl (C=O) groups is 1. The van der Waals surface area contributed by atoms with Gasteiger partial charge in [-0.25, -0.2) is 0 Å². The van der Waals surface area contributed by atoms with Crippen LogP contribution in [0, 0.1) is 0 Å².